The molecule has 0 spiro atoms. The third-order valence-corrected chi connectivity index (χ3v) is 8.89. The van der Waals surface area contributed by atoms with Crippen LogP contribution in [-0.4, -0.2) is 98.7 Å². The summed E-state index contributed by atoms with van der Waals surface area (Å²) in [5.41, 5.74) is 0. The lowest BCUT2D eigenvalue weighted by Crippen LogP contribution is -2.60. The Morgan fingerprint density at radius 1 is 0.723 bits per heavy atom. The maximum absolute atomic E-state index is 12.9. The number of carbonyl (C=O) groups is 1. The molecule has 0 saturated carbocycles. The highest BCUT2D eigenvalue weighted by Crippen LogP contribution is 2.22. The van der Waals surface area contributed by atoms with Gasteiger partial charge in [0.1, 0.15) is 30.5 Å². The van der Waals surface area contributed by atoms with Crippen molar-refractivity contribution in [3.8, 4) is 0 Å². The summed E-state index contributed by atoms with van der Waals surface area (Å²) in [7, 11) is 0. The molecule has 0 radical (unpaired) electrons. The van der Waals surface area contributed by atoms with Crippen LogP contribution in [0.15, 0.2) is 24.3 Å². The summed E-state index contributed by atoms with van der Waals surface area (Å²) in [6.07, 6.45) is 20.0. The van der Waals surface area contributed by atoms with Gasteiger partial charge in [0.05, 0.1) is 25.4 Å². The Labute approximate surface area is 284 Å². The molecule has 1 rings (SSSR count). The molecule has 8 unspecified atom stereocenters. The van der Waals surface area contributed by atoms with Gasteiger partial charge in [-0.25, -0.2) is 0 Å². The van der Waals surface area contributed by atoms with Crippen LogP contribution in [0.2, 0.25) is 0 Å². The second-order valence-electron chi connectivity index (χ2n) is 13.2. The average Bonchev–Trinajstić information content (AvgIpc) is 3.07. The first kappa shape index (κ1) is 43.7. The highest BCUT2D eigenvalue weighted by Gasteiger charge is 2.44. The van der Waals surface area contributed by atoms with E-state index in [9.17, 15) is 35.4 Å². The van der Waals surface area contributed by atoms with E-state index in [0.717, 1.165) is 32.1 Å². The van der Waals surface area contributed by atoms with Crippen molar-refractivity contribution in [2.45, 2.75) is 191 Å². The highest BCUT2D eigenvalue weighted by atomic mass is 16.7. The van der Waals surface area contributed by atoms with E-state index in [1.54, 1.807) is 6.08 Å². The van der Waals surface area contributed by atoms with Gasteiger partial charge in [-0.2, -0.15) is 0 Å². The summed E-state index contributed by atoms with van der Waals surface area (Å²) in [6, 6.07) is -0.989. The van der Waals surface area contributed by atoms with Gasteiger partial charge in [0.2, 0.25) is 5.91 Å². The average molecular weight is 672 g/mol. The van der Waals surface area contributed by atoms with Crippen LogP contribution in [0, 0.1) is 0 Å². The number of ether oxygens (including phenoxy) is 2. The molecule has 1 amide bonds. The van der Waals surface area contributed by atoms with Crippen molar-refractivity contribution in [3.63, 3.8) is 0 Å². The van der Waals surface area contributed by atoms with Gasteiger partial charge in [-0.1, -0.05) is 134 Å². The molecule has 10 nitrogen and oxygen atoms in total. The summed E-state index contributed by atoms with van der Waals surface area (Å²) in [6.45, 7) is 3.51. The summed E-state index contributed by atoms with van der Waals surface area (Å²) >= 11 is 0. The fraction of sp³-hybridized carbons (Fsp3) is 0.865. The van der Waals surface area contributed by atoms with Crippen LogP contribution in [0.25, 0.3) is 0 Å². The van der Waals surface area contributed by atoms with Gasteiger partial charge in [0.25, 0.3) is 0 Å². The van der Waals surface area contributed by atoms with Crippen LogP contribution in [0.4, 0.5) is 0 Å². The lowest BCUT2D eigenvalue weighted by molar-refractivity contribution is -0.302. The van der Waals surface area contributed by atoms with Crippen LogP contribution in [-0.2, 0) is 14.3 Å². The van der Waals surface area contributed by atoms with Gasteiger partial charge in [-0.05, 0) is 32.1 Å². The molecular weight excluding hydrogens is 602 g/mol. The van der Waals surface area contributed by atoms with Gasteiger partial charge in [0.15, 0.2) is 6.29 Å². The molecule has 7 N–H and O–H groups in total. The van der Waals surface area contributed by atoms with Crippen LogP contribution >= 0.6 is 0 Å². The molecule has 0 aliphatic carbocycles. The fourth-order valence-electron chi connectivity index (χ4n) is 5.70. The van der Waals surface area contributed by atoms with Gasteiger partial charge in [-0.3, -0.25) is 4.79 Å². The van der Waals surface area contributed by atoms with E-state index < -0.39 is 61.5 Å². The topological polar surface area (TPSA) is 169 Å². The normalized spacial score (nSPS) is 23.8. The van der Waals surface area contributed by atoms with Crippen molar-refractivity contribution in [2.24, 2.45) is 0 Å². The summed E-state index contributed by atoms with van der Waals surface area (Å²) in [5.74, 6) is -0.632. The zero-order valence-corrected chi connectivity index (χ0v) is 29.4. The molecule has 1 aliphatic heterocycles. The number of amides is 1. The molecule has 1 heterocycles. The van der Waals surface area contributed by atoms with E-state index in [2.05, 4.69) is 31.3 Å². The Kier molecular flexibility index (Phi) is 26.4. The first-order chi connectivity index (χ1) is 22.8. The molecule has 0 aromatic heterocycles. The number of rotatable bonds is 29. The first-order valence-corrected chi connectivity index (χ1v) is 18.7. The fourth-order valence-corrected chi connectivity index (χ4v) is 5.70. The molecule has 1 aliphatic rings. The smallest absolute Gasteiger partial charge is 0.249 e. The minimum absolute atomic E-state index is 0.305. The monoisotopic (exact) mass is 671 g/mol. The van der Waals surface area contributed by atoms with Crippen molar-refractivity contribution in [2.75, 3.05) is 13.2 Å². The van der Waals surface area contributed by atoms with Gasteiger partial charge >= 0.3 is 0 Å². The predicted molar refractivity (Wildman–Crippen MR) is 186 cm³/mol. The molecular formula is C37H69NO9. The first-order valence-electron chi connectivity index (χ1n) is 18.7. The minimum atomic E-state index is -1.61. The predicted octanol–water partition coefficient (Wildman–Crippen LogP) is 4.96. The lowest BCUT2D eigenvalue weighted by atomic mass is 9.99. The SMILES string of the molecule is CCCCCCCCC/C=C/CC/C=C/C(O)C(COC1OC(CO)C(O)C(O)C1O)NC(=O)C(O)CCCCCCCCCCC. The number of aliphatic hydroxyl groups is 6. The molecule has 276 valence electrons. The Bertz CT molecular complexity index is 809. The summed E-state index contributed by atoms with van der Waals surface area (Å²) < 4.78 is 11.0. The van der Waals surface area contributed by atoms with Crippen molar-refractivity contribution in [1.82, 2.24) is 5.32 Å². The summed E-state index contributed by atoms with van der Waals surface area (Å²) in [4.78, 5) is 12.9. The van der Waals surface area contributed by atoms with Gasteiger partial charge in [-0.15, -0.1) is 0 Å². The molecule has 0 bridgehead atoms. The number of hydrogen-bond acceptors (Lipinski definition) is 9. The maximum atomic E-state index is 12.9. The Balaban J connectivity index is 2.59. The van der Waals surface area contributed by atoms with Crippen LogP contribution in [0.5, 0.6) is 0 Å². The van der Waals surface area contributed by atoms with Crippen molar-refractivity contribution < 1.29 is 44.9 Å². The Morgan fingerprint density at radius 3 is 1.85 bits per heavy atom. The van der Waals surface area contributed by atoms with E-state index in [1.807, 2.05) is 6.08 Å². The maximum Gasteiger partial charge on any atom is 0.249 e. The number of hydrogen-bond donors (Lipinski definition) is 7. The van der Waals surface area contributed by atoms with Gasteiger partial charge < -0.3 is 45.4 Å². The third kappa shape index (κ3) is 20.0. The van der Waals surface area contributed by atoms with Crippen LogP contribution in [0.1, 0.15) is 142 Å². The van der Waals surface area contributed by atoms with Crippen molar-refractivity contribution in [1.29, 1.82) is 0 Å². The number of allylic oxidation sites excluding steroid dienone is 3. The van der Waals surface area contributed by atoms with E-state index in [0.29, 0.717) is 19.3 Å². The second kappa shape index (κ2) is 28.5. The van der Waals surface area contributed by atoms with Crippen LogP contribution < -0.4 is 5.32 Å². The number of aliphatic hydroxyl groups excluding tert-OH is 6. The van der Waals surface area contributed by atoms with E-state index in [4.69, 9.17) is 9.47 Å². The van der Waals surface area contributed by atoms with E-state index in [1.165, 1.54) is 77.0 Å². The number of carbonyl (C=O) groups excluding carboxylic acids is 1. The third-order valence-electron chi connectivity index (χ3n) is 8.89. The number of nitrogens with one attached hydrogen (secondary N) is 1. The van der Waals surface area contributed by atoms with Crippen molar-refractivity contribution >= 4 is 5.91 Å². The highest BCUT2D eigenvalue weighted by molar-refractivity contribution is 5.80. The number of unbranched alkanes of at least 4 members (excludes halogenated alkanes) is 16. The zero-order chi connectivity index (χ0) is 34.7. The standard InChI is InChI=1S/C37H69NO9/c1-3-5-7-9-11-13-14-15-16-18-19-21-23-25-30(40)29(28-46-37-35(44)34(43)33(42)32(27-39)47-37)38-36(45)31(41)26-24-22-20-17-12-10-8-6-4-2/h16,18,23,25,29-35,37,39-44H,3-15,17,19-22,24,26-28H2,1-2H3,(H,38,45)/b18-16+,25-23+. The molecule has 0 aromatic carbocycles. The largest absolute Gasteiger partial charge is 0.394 e. The molecule has 8 atom stereocenters. The second-order valence-corrected chi connectivity index (χ2v) is 13.2. The van der Waals surface area contributed by atoms with Crippen molar-refractivity contribution in [3.05, 3.63) is 24.3 Å². The van der Waals surface area contributed by atoms with E-state index in [-0.39, 0.29) is 6.61 Å². The molecule has 1 fully saturated rings. The van der Waals surface area contributed by atoms with Crippen LogP contribution in [0.3, 0.4) is 0 Å². The summed E-state index contributed by atoms with van der Waals surface area (Å²) in [5, 5.41) is 64.1. The quantitative estimate of drug-likeness (QED) is 0.0429. The molecule has 1 saturated heterocycles. The Hall–Kier alpha value is -1.37. The Morgan fingerprint density at radius 2 is 1.26 bits per heavy atom. The van der Waals surface area contributed by atoms with E-state index >= 15 is 0 Å². The minimum Gasteiger partial charge on any atom is -0.394 e. The molecule has 10 heteroatoms. The van der Waals surface area contributed by atoms with Gasteiger partial charge in [0, 0.05) is 0 Å². The molecule has 0 aromatic rings. The lowest BCUT2D eigenvalue weighted by Gasteiger charge is -2.40. The molecule has 47 heavy (non-hydrogen) atoms. The zero-order valence-electron chi connectivity index (χ0n) is 29.4.